The molecule has 0 unspecified atom stereocenters. The Labute approximate surface area is 147 Å². The number of rotatable bonds is 3. The first-order valence-electron chi connectivity index (χ1n) is 7.29. The van der Waals surface area contributed by atoms with E-state index < -0.39 is 0 Å². The van der Waals surface area contributed by atoms with Gasteiger partial charge in [0.25, 0.3) is 5.91 Å². The average Bonchev–Trinajstić information content (AvgIpc) is 3.21. The zero-order chi connectivity index (χ0) is 16.5. The van der Waals surface area contributed by atoms with Crippen molar-refractivity contribution in [3.63, 3.8) is 0 Å². The number of aromatic nitrogens is 2. The van der Waals surface area contributed by atoms with Gasteiger partial charge in [0.15, 0.2) is 5.13 Å². The first-order chi connectivity index (χ1) is 11.7. The molecule has 118 valence electrons. The number of para-hydroxylation sites is 1. The number of hydrogen-bond donors (Lipinski definition) is 2. The summed E-state index contributed by atoms with van der Waals surface area (Å²) in [6.07, 6.45) is 1.93. The summed E-state index contributed by atoms with van der Waals surface area (Å²) < 4.78 is 0. The lowest BCUT2D eigenvalue weighted by molar-refractivity contribution is 0.102. The lowest BCUT2D eigenvalue weighted by atomic mass is 10.1. The van der Waals surface area contributed by atoms with Gasteiger partial charge in [0.2, 0.25) is 0 Å². The lowest BCUT2D eigenvalue weighted by Gasteiger charge is -2.01. The third-order valence-electron chi connectivity index (χ3n) is 3.68. The fourth-order valence-electron chi connectivity index (χ4n) is 2.54. The van der Waals surface area contributed by atoms with Gasteiger partial charge in [-0.3, -0.25) is 10.1 Å². The third kappa shape index (κ3) is 2.79. The van der Waals surface area contributed by atoms with E-state index in [1.807, 2.05) is 35.8 Å². The van der Waals surface area contributed by atoms with Crippen LogP contribution in [-0.2, 0) is 0 Å². The zero-order valence-electron chi connectivity index (χ0n) is 12.4. The molecule has 4 aromatic rings. The second kappa shape index (κ2) is 6.11. The van der Waals surface area contributed by atoms with E-state index >= 15 is 0 Å². The van der Waals surface area contributed by atoms with E-state index in [2.05, 4.69) is 15.3 Å². The first kappa shape index (κ1) is 14.9. The van der Waals surface area contributed by atoms with E-state index in [0.29, 0.717) is 15.7 Å². The van der Waals surface area contributed by atoms with Crippen LogP contribution in [0.3, 0.4) is 0 Å². The summed E-state index contributed by atoms with van der Waals surface area (Å²) in [6.45, 7) is 0. The number of nitrogens with zero attached hydrogens (tertiary/aromatic N) is 1. The highest BCUT2D eigenvalue weighted by Gasteiger charge is 2.12. The predicted octanol–water partition coefficient (Wildman–Crippen LogP) is 5.20. The van der Waals surface area contributed by atoms with Crippen LogP contribution in [0.15, 0.2) is 60.1 Å². The topological polar surface area (TPSA) is 57.8 Å². The van der Waals surface area contributed by atoms with Crippen LogP contribution >= 0.6 is 22.9 Å². The maximum Gasteiger partial charge on any atom is 0.257 e. The molecule has 4 nitrogen and oxygen atoms in total. The lowest BCUT2D eigenvalue weighted by Crippen LogP contribution is -2.11. The number of aromatic amines is 1. The second-order valence-electron chi connectivity index (χ2n) is 5.25. The molecule has 0 radical (unpaired) electrons. The van der Waals surface area contributed by atoms with Crippen molar-refractivity contribution >= 4 is 44.9 Å². The summed E-state index contributed by atoms with van der Waals surface area (Å²) in [4.78, 5) is 20.0. The Morgan fingerprint density at radius 2 is 2.04 bits per heavy atom. The highest BCUT2D eigenvalue weighted by molar-refractivity contribution is 7.14. The second-order valence-corrected chi connectivity index (χ2v) is 6.54. The van der Waals surface area contributed by atoms with Gasteiger partial charge in [-0.05, 0) is 24.3 Å². The Hall–Kier alpha value is -2.63. The number of anilines is 1. The average molecular weight is 354 g/mol. The molecule has 2 heterocycles. The van der Waals surface area contributed by atoms with Gasteiger partial charge in [-0.15, -0.1) is 11.3 Å². The standard InChI is InChI=1S/C18H12ClN3OS/c19-12-5-3-4-11(8-12)17(23)22-18-21-16(10-24-18)14-9-20-15-7-2-1-6-13(14)15/h1-10,20H,(H,21,22,23). The Balaban J connectivity index is 1.60. The summed E-state index contributed by atoms with van der Waals surface area (Å²) in [7, 11) is 0. The number of fused-ring (bicyclic) bond motifs is 1. The molecule has 0 bridgehead atoms. The molecule has 0 atom stereocenters. The largest absolute Gasteiger partial charge is 0.360 e. The summed E-state index contributed by atoms with van der Waals surface area (Å²) in [5.41, 5.74) is 3.42. The third-order valence-corrected chi connectivity index (χ3v) is 4.67. The molecule has 1 amide bonds. The van der Waals surface area contributed by atoms with Crippen LogP contribution < -0.4 is 5.32 Å². The smallest absolute Gasteiger partial charge is 0.257 e. The summed E-state index contributed by atoms with van der Waals surface area (Å²) >= 11 is 7.32. The number of carbonyl (C=O) groups is 1. The fourth-order valence-corrected chi connectivity index (χ4v) is 3.43. The van der Waals surface area contributed by atoms with E-state index in [9.17, 15) is 4.79 Å². The monoisotopic (exact) mass is 353 g/mol. The van der Waals surface area contributed by atoms with Crippen molar-refractivity contribution in [2.45, 2.75) is 0 Å². The number of benzene rings is 2. The van der Waals surface area contributed by atoms with Gasteiger partial charge >= 0.3 is 0 Å². The Morgan fingerprint density at radius 1 is 1.17 bits per heavy atom. The molecule has 0 spiro atoms. The predicted molar refractivity (Wildman–Crippen MR) is 98.8 cm³/mol. The first-order valence-corrected chi connectivity index (χ1v) is 8.55. The molecule has 6 heteroatoms. The molecular weight excluding hydrogens is 342 g/mol. The van der Waals surface area contributed by atoms with Gasteiger partial charge < -0.3 is 4.98 Å². The molecule has 0 aliphatic heterocycles. The molecule has 0 aliphatic rings. The highest BCUT2D eigenvalue weighted by Crippen LogP contribution is 2.31. The van der Waals surface area contributed by atoms with E-state index in [1.54, 1.807) is 24.3 Å². The minimum absolute atomic E-state index is 0.225. The van der Waals surface area contributed by atoms with Crippen LogP contribution in [0.25, 0.3) is 22.2 Å². The zero-order valence-corrected chi connectivity index (χ0v) is 14.0. The van der Waals surface area contributed by atoms with Gasteiger partial charge in [0.05, 0.1) is 5.69 Å². The van der Waals surface area contributed by atoms with E-state index in [0.717, 1.165) is 22.2 Å². The van der Waals surface area contributed by atoms with Crippen LogP contribution in [-0.4, -0.2) is 15.9 Å². The quantitative estimate of drug-likeness (QED) is 0.532. The van der Waals surface area contributed by atoms with Crippen molar-refractivity contribution in [1.29, 1.82) is 0 Å². The van der Waals surface area contributed by atoms with E-state index in [4.69, 9.17) is 11.6 Å². The van der Waals surface area contributed by atoms with Crippen molar-refractivity contribution < 1.29 is 4.79 Å². The van der Waals surface area contributed by atoms with Gasteiger partial charge in [0, 0.05) is 38.6 Å². The highest BCUT2D eigenvalue weighted by atomic mass is 35.5. The molecule has 24 heavy (non-hydrogen) atoms. The molecule has 2 N–H and O–H groups in total. The number of hydrogen-bond acceptors (Lipinski definition) is 3. The van der Waals surface area contributed by atoms with Crippen LogP contribution in [0.1, 0.15) is 10.4 Å². The van der Waals surface area contributed by atoms with Gasteiger partial charge in [-0.2, -0.15) is 0 Å². The molecule has 0 saturated carbocycles. The van der Waals surface area contributed by atoms with Gasteiger partial charge in [-0.1, -0.05) is 35.9 Å². The van der Waals surface area contributed by atoms with Crippen LogP contribution in [0.2, 0.25) is 5.02 Å². The number of H-pyrrole nitrogens is 1. The molecule has 0 fully saturated rings. The molecule has 0 aliphatic carbocycles. The van der Waals surface area contributed by atoms with Crippen LogP contribution in [0.5, 0.6) is 0 Å². The van der Waals surface area contributed by atoms with Crippen molar-refractivity contribution in [3.8, 4) is 11.3 Å². The number of amides is 1. The number of carbonyl (C=O) groups excluding carboxylic acids is 1. The maximum absolute atomic E-state index is 12.3. The van der Waals surface area contributed by atoms with E-state index in [-0.39, 0.29) is 5.91 Å². The minimum Gasteiger partial charge on any atom is -0.360 e. The van der Waals surface area contributed by atoms with Crippen molar-refractivity contribution in [3.05, 3.63) is 70.7 Å². The molecular formula is C18H12ClN3OS. The fraction of sp³-hybridized carbons (Fsp3) is 0. The maximum atomic E-state index is 12.3. The minimum atomic E-state index is -0.225. The Bertz CT molecular complexity index is 1040. The normalized spacial score (nSPS) is 10.9. The van der Waals surface area contributed by atoms with Crippen LogP contribution in [0.4, 0.5) is 5.13 Å². The molecule has 0 saturated heterocycles. The van der Waals surface area contributed by atoms with Gasteiger partial charge in [0.1, 0.15) is 0 Å². The van der Waals surface area contributed by atoms with Crippen molar-refractivity contribution in [2.24, 2.45) is 0 Å². The van der Waals surface area contributed by atoms with Crippen LogP contribution in [0, 0.1) is 0 Å². The Kier molecular flexibility index (Phi) is 3.80. The number of nitrogens with one attached hydrogen (secondary N) is 2. The number of halogens is 1. The molecule has 2 aromatic heterocycles. The molecule has 4 rings (SSSR count). The van der Waals surface area contributed by atoms with Crippen molar-refractivity contribution in [2.75, 3.05) is 5.32 Å². The molecule has 2 aromatic carbocycles. The van der Waals surface area contributed by atoms with Gasteiger partial charge in [-0.25, -0.2) is 4.98 Å². The summed E-state index contributed by atoms with van der Waals surface area (Å²) in [5.74, 6) is -0.225. The summed E-state index contributed by atoms with van der Waals surface area (Å²) in [6, 6.07) is 14.9. The number of thiazole rings is 1. The summed E-state index contributed by atoms with van der Waals surface area (Å²) in [5, 5.41) is 6.94. The Morgan fingerprint density at radius 3 is 2.92 bits per heavy atom. The van der Waals surface area contributed by atoms with E-state index in [1.165, 1.54) is 11.3 Å². The SMILES string of the molecule is O=C(Nc1nc(-c2c[nH]c3ccccc23)cs1)c1cccc(Cl)c1. The van der Waals surface area contributed by atoms with Crippen molar-refractivity contribution in [1.82, 2.24) is 9.97 Å².